The smallest absolute Gasteiger partial charge is 0.257 e. The molecule has 1 saturated heterocycles. The number of nitrogens with zero attached hydrogens (tertiary/aromatic N) is 2. The summed E-state index contributed by atoms with van der Waals surface area (Å²) in [7, 11) is 1.56. The van der Waals surface area contributed by atoms with E-state index in [1.165, 1.54) is 4.90 Å². The van der Waals surface area contributed by atoms with E-state index in [9.17, 15) is 14.4 Å². The summed E-state index contributed by atoms with van der Waals surface area (Å²) in [5.41, 5.74) is 0.520. The van der Waals surface area contributed by atoms with Gasteiger partial charge in [-0.3, -0.25) is 14.4 Å². The maximum Gasteiger partial charge on any atom is 0.257 e. The normalized spacial score (nSPS) is 20.4. The van der Waals surface area contributed by atoms with E-state index in [0.717, 1.165) is 19.3 Å². The van der Waals surface area contributed by atoms with E-state index in [0.29, 0.717) is 17.9 Å². The highest BCUT2D eigenvalue weighted by molar-refractivity contribution is 6.23. The van der Waals surface area contributed by atoms with Crippen molar-refractivity contribution >= 4 is 23.4 Å². The Morgan fingerprint density at radius 3 is 2.46 bits per heavy atom. The third-order valence-electron chi connectivity index (χ3n) is 4.48. The monoisotopic (exact) mass is 330 g/mol. The standard InChI is InChI=1S/C18H22N2O4/c1-3-4-16(21)19(12-5-6-12)15-11-17(22)20(18(15)23)13-7-9-14(24-2)10-8-13/h7-10,12,15H,3-6,11H2,1-2H3. The van der Waals surface area contributed by atoms with Crippen molar-refractivity contribution in [3.63, 3.8) is 0 Å². The molecule has 0 N–H and O–H groups in total. The molecule has 6 heteroatoms. The van der Waals surface area contributed by atoms with Crippen molar-refractivity contribution in [2.24, 2.45) is 0 Å². The van der Waals surface area contributed by atoms with Gasteiger partial charge < -0.3 is 9.64 Å². The Morgan fingerprint density at radius 1 is 1.25 bits per heavy atom. The maximum atomic E-state index is 12.8. The Morgan fingerprint density at radius 2 is 1.92 bits per heavy atom. The lowest BCUT2D eigenvalue weighted by Gasteiger charge is -2.27. The molecule has 0 radical (unpaired) electrons. The van der Waals surface area contributed by atoms with Crippen molar-refractivity contribution in [3.05, 3.63) is 24.3 Å². The van der Waals surface area contributed by atoms with E-state index in [4.69, 9.17) is 4.74 Å². The van der Waals surface area contributed by atoms with Crippen molar-refractivity contribution in [2.45, 2.75) is 51.1 Å². The third-order valence-corrected chi connectivity index (χ3v) is 4.48. The second kappa shape index (κ2) is 6.63. The van der Waals surface area contributed by atoms with Crippen LogP contribution < -0.4 is 9.64 Å². The number of carbonyl (C=O) groups excluding carboxylic acids is 3. The van der Waals surface area contributed by atoms with Crippen LogP contribution in [-0.4, -0.2) is 41.8 Å². The number of carbonyl (C=O) groups is 3. The van der Waals surface area contributed by atoms with Crippen LogP contribution >= 0.6 is 0 Å². The molecule has 1 aromatic carbocycles. The number of anilines is 1. The average molecular weight is 330 g/mol. The van der Waals surface area contributed by atoms with Gasteiger partial charge in [0.25, 0.3) is 5.91 Å². The molecule has 1 unspecified atom stereocenters. The van der Waals surface area contributed by atoms with Gasteiger partial charge in [0.15, 0.2) is 0 Å². The summed E-state index contributed by atoms with van der Waals surface area (Å²) in [6.07, 6.45) is 3.04. The number of ether oxygens (including phenoxy) is 1. The van der Waals surface area contributed by atoms with Gasteiger partial charge in [-0.2, -0.15) is 0 Å². The zero-order chi connectivity index (χ0) is 17.3. The summed E-state index contributed by atoms with van der Waals surface area (Å²) in [5, 5.41) is 0. The minimum atomic E-state index is -0.661. The quantitative estimate of drug-likeness (QED) is 0.749. The van der Waals surface area contributed by atoms with Crippen LogP contribution in [0.25, 0.3) is 0 Å². The highest BCUT2D eigenvalue weighted by atomic mass is 16.5. The van der Waals surface area contributed by atoms with E-state index in [-0.39, 0.29) is 30.2 Å². The van der Waals surface area contributed by atoms with Crippen LogP contribution in [-0.2, 0) is 14.4 Å². The third kappa shape index (κ3) is 3.00. The van der Waals surface area contributed by atoms with Gasteiger partial charge in [-0.15, -0.1) is 0 Å². The van der Waals surface area contributed by atoms with Gasteiger partial charge in [-0.1, -0.05) is 6.92 Å². The van der Waals surface area contributed by atoms with Gasteiger partial charge >= 0.3 is 0 Å². The number of methoxy groups -OCH3 is 1. The minimum Gasteiger partial charge on any atom is -0.497 e. The Kier molecular flexibility index (Phi) is 4.55. The number of hydrogen-bond acceptors (Lipinski definition) is 4. The molecular formula is C18H22N2O4. The first-order valence-electron chi connectivity index (χ1n) is 8.38. The first-order valence-corrected chi connectivity index (χ1v) is 8.38. The zero-order valence-corrected chi connectivity index (χ0v) is 14.0. The number of hydrogen-bond donors (Lipinski definition) is 0. The van der Waals surface area contributed by atoms with Crippen molar-refractivity contribution in [2.75, 3.05) is 12.0 Å². The highest BCUT2D eigenvalue weighted by Gasteiger charge is 2.48. The number of amides is 3. The molecule has 1 heterocycles. The van der Waals surface area contributed by atoms with E-state index in [1.807, 2.05) is 6.92 Å². The Balaban J connectivity index is 1.83. The SMILES string of the molecule is CCCC(=O)N(C1CC1)C1CC(=O)N(c2ccc(OC)cc2)C1=O. The van der Waals surface area contributed by atoms with Gasteiger partial charge in [-0.05, 0) is 43.5 Å². The largest absolute Gasteiger partial charge is 0.497 e. The van der Waals surface area contributed by atoms with Crippen molar-refractivity contribution in [1.29, 1.82) is 0 Å². The van der Waals surface area contributed by atoms with E-state index < -0.39 is 6.04 Å². The summed E-state index contributed by atoms with van der Waals surface area (Å²) in [6, 6.07) is 6.25. The summed E-state index contributed by atoms with van der Waals surface area (Å²) in [6.45, 7) is 1.94. The molecule has 3 rings (SSSR count). The molecule has 128 valence electrons. The van der Waals surface area contributed by atoms with Crippen LogP contribution in [0.4, 0.5) is 5.69 Å². The minimum absolute atomic E-state index is 0.0252. The van der Waals surface area contributed by atoms with Gasteiger partial charge in [0, 0.05) is 12.5 Å². The Hall–Kier alpha value is -2.37. The van der Waals surface area contributed by atoms with Crippen LogP contribution in [0.2, 0.25) is 0 Å². The molecule has 3 amide bonds. The average Bonchev–Trinajstić information content (AvgIpc) is 3.35. The highest BCUT2D eigenvalue weighted by Crippen LogP contribution is 2.35. The molecule has 1 aromatic rings. The van der Waals surface area contributed by atoms with Crippen LogP contribution in [0.3, 0.4) is 0 Å². The molecule has 6 nitrogen and oxygen atoms in total. The fourth-order valence-electron chi connectivity index (χ4n) is 3.16. The van der Waals surface area contributed by atoms with Crippen molar-refractivity contribution in [1.82, 2.24) is 4.90 Å². The summed E-state index contributed by atoms with van der Waals surface area (Å²) in [4.78, 5) is 40.5. The van der Waals surface area contributed by atoms with Crippen LogP contribution in [0.15, 0.2) is 24.3 Å². The lowest BCUT2D eigenvalue weighted by molar-refractivity contribution is -0.139. The summed E-state index contributed by atoms with van der Waals surface area (Å²) in [5.74, 6) is 0.0708. The molecule has 1 aliphatic heterocycles. The molecule has 0 spiro atoms. The van der Waals surface area contributed by atoms with Gasteiger partial charge in [0.05, 0.1) is 19.2 Å². The first kappa shape index (κ1) is 16.5. The van der Waals surface area contributed by atoms with E-state index in [1.54, 1.807) is 36.3 Å². The second-order valence-electron chi connectivity index (χ2n) is 6.27. The van der Waals surface area contributed by atoms with Crippen LogP contribution in [0.1, 0.15) is 39.0 Å². The Bertz CT molecular complexity index is 651. The fraction of sp³-hybridized carbons (Fsp3) is 0.500. The molecule has 24 heavy (non-hydrogen) atoms. The van der Waals surface area contributed by atoms with Gasteiger partial charge in [-0.25, -0.2) is 4.90 Å². The van der Waals surface area contributed by atoms with Crippen molar-refractivity contribution in [3.8, 4) is 5.75 Å². The molecule has 1 saturated carbocycles. The Labute approximate surface area is 141 Å². The number of benzene rings is 1. The molecule has 0 aromatic heterocycles. The van der Waals surface area contributed by atoms with E-state index in [2.05, 4.69) is 0 Å². The number of imide groups is 1. The molecule has 2 aliphatic rings. The molecule has 0 bridgehead atoms. The summed E-state index contributed by atoms with van der Waals surface area (Å²) < 4.78 is 5.10. The van der Waals surface area contributed by atoms with E-state index >= 15 is 0 Å². The molecular weight excluding hydrogens is 308 g/mol. The first-order chi connectivity index (χ1) is 11.6. The van der Waals surface area contributed by atoms with Gasteiger partial charge in [0.2, 0.25) is 11.8 Å². The predicted octanol–water partition coefficient (Wildman–Crippen LogP) is 2.12. The molecule has 2 fully saturated rings. The summed E-state index contributed by atoms with van der Waals surface area (Å²) >= 11 is 0. The lowest BCUT2D eigenvalue weighted by atomic mass is 10.1. The second-order valence-corrected chi connectivity index (χ2v) is 6.27. The predicted molar refractivity (Wildman–Crippen MR) is 88.7 cm³/mol. The van der Waals surface area contributed by atoms with Crippen LogP contribution in [0.5, 0.6) is 5.75 Å². The lowest BCUT2D eigenvalue weighted by Crippen LogP contribution is -2.46. The maximum absolute atomic E-state index is 12.8. The molecule has 1 aliphatic carbocycles. The number of rotatable bonds is 6. The van der Waals surface area contributed by atoms with Crippen molar-refractivity contribution < 1.29 is 19.1 Å². The molecule has 1 atom stereocenters. The van der Waals surface area contributed by atoms with Crippen LogP contribution in [0, 0.1) is 0 Å². The topological polar surface area (TPSA) is 66.9 Å². The fourth-order valence-corrected chi connectivity index (χ4v) is 3.16. The van der Waals surface area contributed by atoms with Gasteiger partial charge in [0.1, 0.15) is 11.8 Å². The zero-order valence-electron chi connectivity index (χ0n) is 14.0.